The molecule has 2 heterocycles. The SMILES string of the molecule is COc1ccc2c(c1)Sc1cccc3c(=O)[nH]c(=O)n-2c13. The number of methoxy groups -OCH3 is 1. The van der Waals surface area contributed by atoms with Crippen molar-refractivity contribution in [2.45, 2.75) is 9.79 Å². The Bertz CT molecular complexity index is 1000. The largest absolute Gasteiger partial charge is 0.497 e. The molecule has 1 aliphatic rings. The molecule has 104 valence electrons. The van der Waals surface area contributed by atoms with E-state index in [-0.39, 0.29) is 5.56 Å². The van der Waals surface area contributed by atoms with Gasteiger partial charge in [0.15, 0.2) is 0 Å². The molecule has 5 nitrogen and oxygen atoms in total. The summed E-state index contributed by atoms with van der Waals surface area (Å²) < 4.78 is 6.79. The number of hydrogen-bond acceptors (Lipinski definition) is 4. The highest BCUT2D eigenvalue weighted by Gasteiger charge is 2.21. The number of para-hydroxylation sites is 1. The third kappa shape index (κ3) is 1.66. The van der Waals surface area contributed by atoms with Crippen LogP contribution in [-0.2, 0) is 0 Å². The Kier molecular flexibility index (Phi) is 2.49. The molecule has 1 aromatic heterocycles. The predicted molar refractivity (Wildman–Crippen MR) is 80.8 cm³/mol. The molecule has 0 aliphatic carbocycles. The van der Waals surface area contributed by atoms with E-state index in [2.05, 4.69) is 4.98 Å². The fourth-order valence-corrected chi connectivity index (χ4v) is 3.70. The molecule has 0 saturated carbocycles. The number of nitrogens with one attached hydrogen (secondary N) is 1. The van der Waals surface area contributed by atoms with Crippen LogP contribution < -0.4 is 16.0 Å². The molecule has 0 fully saturated rings. The van der Waals surface area contributed by atoms with Crippen LogP contribution in [0, 0.1) is 0 Å². The summed E-state index contributed by atoms with van der Waals surface area (Å²) in [6.45, 7) is 0. The molecule has 0 spiro atoms. The predicted octanol–water partition coefficient (Wildman–Crippen LogP) is 2.15. The van der Waals surface area contributed by atoms with E-state index in [0.717, 1.165) is 21.2 Å². The lowest BCUT2D eigenvalue weighted by molar-refractivity contribution is 0.413. The second kappa shape index (κ2) is 4.26. The minimum absolute atomic E-state index is 0.356. The lowest BCUT2D eigenvalue weighted by Crippen LogP contribution is -2.30. The Hall–Kier alpha value is -2.47. The van der Waals surface area contributed by atoms with Crippen LogP contribution in [0.1, 0.15) is 0 Å². The number of hydrogen-bond donors (Lipinski definition) is 1. The van der Waals surface area contributed by atoms with Crippen LogP contribution in [0.4, 0.5) is 0 Å². The zero-order valence-corrected chi connectivity index (χ0v) is 11.9. The summed E-state index contributed by atoms with van der Waals surface area (Å²) in [5, 5.41) is 0.515. The molecular weight excluding hydrogens is 288 g/mol. The molecule has 0 amide bonds. The van der Waals surface area contributed by atoms with Gasteiger partial charge >= 0.3 is 5.69 Å². The summed E-state index contributed by atoms with van der Waals surface area (Å²) in [5.41, 5.74) is 0.636. The maximum atomic E-state index is 12.3. The molecule has 21 heavy (non-hydrogen) atoms. The highest BCUT2D eigenvalue weighted by molar-refractivity contribution is 7.99. The smallest absolute Gasteiger partial charge is 0.333 e. The lowest BCUT2D eigenvalue weighted by Gasteiger charge is -2.21. The number of rotatable bonds is 1. The molecule has 0 radical (unpaired) electrons. The minimum Gasteiger partial charge on any atom is -0.497 e. The molecule has 0 unspecified atom stereocenters. The van der Waals surface area contributed by atoms with Crippen LogP contribution in [0.25, 0.3) is 16.6 Å². The van der Waals surface area contributed by atoms with Gasteiger partial charge in [-0.15, -0.1) is 0 Å². The van der Waals surface area contributed by atoms with Gasteiger partial charge in [0.1, 0.15) is 5.75 Å². The second-order valence-corrected chi connectivity index (χ2v) is 5.77. The van der Waals surface area contributed by atoms with E-state index in [1.807, 2.05) is 24.3 Å². The maximum absolute atomic E-state index is 12.3. The van der Waals surface area contributed by atoms with Crippen LogP contribution in [0.2, 0.25) is 0 Å². The Morgan fingerprint density at radius 1 is 1.14 bits per heavy atom. The number of aromatic amines is 1. The van der Waals surface area contributed by atoms with E-state index in [0.29, 0.717) is 10.9 Å². The fourth-order valence-electron chi connectivity index (χ4n) is 2.58. The number of nitrogens with zero attached hydrogens (tertiary/aromatic N) is 1. The molecule has 6 heteroatoms. The zero-order chi connectivity index (χ0) is 14.6. The minimum atomic E-state index is -0.424. The van der Waals surface area contributed by atoms with Crippen molar-refractivity contribution in [1.82, 2.24) is 9.55 Å². The summed E-state index contributed by atoms with van der Waals surface area (Å²) >= 11 is 1.53. The van der Waals surface area contributed by atoms with Crippen molar-refractivity contribution in [1.29, 1.82) is 0 Å². The van der Waals surface area contributed by atoms with E-state index >= 15 is 0 Å². The first-order valence-electron chi connectivity index (χ1n) is 6.33. The first-order valence-corrected chi connectivity index (χ1v) is 7.15. The normalized spacial score (nSPS) is 12.2. The summed E-state index contributed by atoms with van der Waals surface area (Å²) in [6.07, 6.45) is 0. The first-order chi connectivity index (χ1) is 10.2. The van der Waals surface area contributed by atoms with Crippen LogP contribution in [0.3, 0.4) is 0 Å². The molecule has 0 atom stereocenters. The topological polar surface area (TPSA) is 64.1 Å². The van der Waals surface area contributed by atoms with Crippen LogP contribution in [0.5, 0.6) is 5.75 Å². The Labute approximate surface area is 123 Å². The standard InChI is InChI=1S/C15H10N2O3S/c1-20-8-5-6-10-12(7-8)21-11-4-2-3-9-13(11)17(10)15(19)16-14(9)18/h2-7H,1H3,(H,16,18,19). The van der Waals surface area contributed by atoms with Gasteiger partial charge in [0, 0.05) is 9.79 Å². The second-order valence-electron chi connectivity index (χ2n) is 4.68. The van der Waals surface area contributed by atoms with Gasteiger partial charge in [0.25, 0.3) is 5.56 Å². The van der Waals surface area contributed by atoms with Crippen LogP contribution >= 0.6 is 11.8 Å². The number of ether oxygens (including phenoxy) is 1. The van der Waals surface area contributed by atoms with Crippen molar-refractivity contribution in [2.75, 3.05) is 7.11 Å². The third-order valence-corrected chi connectivity index (χ3v) is 4.61. The first kappa shape index (κ1) is 12.3. The molecule has 4 rings (SSSR count). The van der Waals surface area contributed by atoms with Crippen molar-refractivity contribution < 1.29 is 4.74 Å². The number of benzene rings is 2. The Morgan fingerprint density at radius 2 is 2.00 bits per heavy atom. The number of fused-ring (bicyclic) bond motifs is 2. The van der Waals surface area contributed by atoms with E-state index in [4.69, 9.17) is 4.74 Å². The van der Waals surface area contributed by atoms with Gasteiger partial charge < -0.3 is 4.74 Å². The van der Waals surface area contributed by atoms with Crippen molar-refractivity contribution >= 4 is 22.7 Å². The van der Waals surface area contributed by atoms with Gasteiger partial charge in [-0.05, 0) is 30.3 Å². The van der Waals surface area contributed by atoms with Gasteiger partial charge in [-0.2, -0.15) is 0 Å². The van der Waals surface area contributed by atoms with E-state index in [1.54, 1.807) is 23.8 Å². The number of H-pyrrole nitrogens is 1. The summed E-state index contributed by atoms with van der Waals surface area (Å²) in [5.74, 6) is 0.731. The van der Waals surface area contributed by atoms with Gasteiger partial charge in [-0.25, -0.2) is 4.79 Å². The van der Waals surface area contributed by atoms with Gasteiger partial charge in [-0.3, -0.25) is 14.3 Å². The van der Waals surface area contributed by atoms with Crippen LogP contribution in [0.15, 0.2) is 55.8 Å². The summed E-state index contributed by atoms with van der Waals surface area (Å²) in [6, 6.07) is 11.0. The highest BCUT2D eigenvalue weighted by atomic mass is 32.2. The van der Waals surface area contributed by atoms with E-state index in [9.17, 15) is 9.59 Å². The lowest BCUT2D eigenvalue weighted by atomic mass is 10.2. The quantitative estimate of drug-likeness (QED) is 0.585. The van der Waals surface area contributed by atoms with Crippen LogP contribution in [-0.4, -0.2) is 16.7 Å². The Morgan fingerprint density at radius 3 is 2.81 bits per heavy atom. The van der Waals surface area contributed by atoms with E-state index in [1.165, 1.54) is 11.8 Å². The molecule has 1 N–H and O–H groups in total. The monoisotopic (exact) mass is 298 g/mol. The zero-order valence-electron chi connectivity index (χ0n) is 11.0. The van der Waals surface area contributed by atoms with Gasteiger partial charge in [0.05, 0.1) is 23.7 Å². The van der Waals surface area contributed by atoms with Gasteiger partial charge in [0.2, 0.25) is 0 Å². The summed E-state index contributed by atoms with van der Waals surface area (Å²) in [4.78, 5) is 28.4. The molecular formula is C15H10N2O3S. The van der Waals surface area contributed by atoms with Crippen molar-refractivity contribution in [3.63, 3.8) is 0 Å². The van der Waals surface area contributed by atoms with Crippen molar-refractivity contribution in [3.05, 3.63) is 57.2 Å². The fraction of sp³-hybridized carbons (Fsp3) is 0.0667. The summed E-state index contributed by atoms with van der Waals surface area (Å²) in [7, 11) is 1.60. The third-order valence-electron chi connectivity index (χ3n) is 3.52. The molecule has 0 saturated heterocycles. The molecule has 1 aliphatic heterocycles. The molecule has 2 aromatic carbocycles. The average Bonchev–Trinajstić information content (AvgIpc) is 2.50. The van der Waals surface area contributed by atoms with Crippen molar-refractivity contribution in [2.24, 2.45) is 0 Å². The molecule has 0 bridgehead atoms. The Balaban J connectivity index is 2.20. The van der Waals surface area contributed by atoms with Crippen molar-refractivity contribution in [3.8, 4) is 11.4 Å². The average molecular weight is 298 g/mol. The van der Waals surface area contributed by atoms with E-state index < -0.39 is 5.69 Å². The highest BCUT2D eigenvalue weighted by Crippen LogP contribution is 2.41. The van der Waals surface area contributed by atoms with Gasteiger partial charge in [-0.1, -0.05) is 17.8 Å². The maximum Gasteiger partial charge on any atom is 0.333 e. The molecule has 3 aromatic rings. The number of aromatic nitrogens is 2.